The molecule has 0 unspecified atom stereocenters. The summed E-state index contributed by atoms with van der Waals surface area (Å²) in [4.78, 5) is 30.5. The zero-order valence-electron chi connectivity index (χ0n) is 16.8. The Morgan fingerprint density at radius 2 is 1.81 bits per heavy atom. The lowest BCUT2D eigenvalue weighted by molar-refractivity contribution is -0.138. The van der Waals surface area contributed by atoms with Gasteiger partial charge in [0.1, 0.15) is 11.9 Å². The minimum atomic E-state index is -0.478. The molecule has 2 amide bonds. The van der Waals surface area contributed by atoms with Crippen LogP contribution in [-0.4, -0.2) is 41.4 Å². The molecule has 1 aliphatic rings. The van der Waals surface area contributed by atoms with Crippen LogP contribution < -0.4 is 5.73 Å². The summed E-state index contributed by atoms with van der Waals surface area (Å²) in [6, 6.07) is 18.5. The average molecular weight is 419 g/mol. The molecule has 1 fully saturated rings. The quantitative estimate of drug-likeness (QED) is 0.689. The summed E-state index contributed by atoms with van der Waals surface area (Å²) in [5.41, 5.74) is 8.83. The highest BCUT2D eigenvalue weighted by atomic mass is 19.1. The average Bonchev–Trinajstić information content (AvgIpc) is 2.81. The molecule has 6 nitrogen and oxygen atoms in total. The first-order valence-corrected chi connectivity index (χ1v) is 10.0. The Hall–Kier alpha value is -3.58. The fourth-order valence-electron chi connectivity index (χ4n) is 3.54. The van der Waals surface area contributed by atoms with Crippen LogP contribution in [0.4, 0.5) is 4.39 Å². The van der Waals surface area contributed by atoms with Gasteiger partial charge >= 0.3 is 0 Å². The van der Waals surface area contributed by atoms with Crippen molar-refractivity contribution in [2.45, 2.75) is 12.5 Å². The summed E-state index contributed by atoms with van der Waals surface area (Å²) >= 11 is 0. The number of halogens is 1. The van der Waals surface area contributed by atoms with Crippen molar-refractivity contribution in [3.63, 3.8) is 0 Å². The van der Waals surface area contributed by atoms with Gasteiger partial charge < -0.3 is 15.4 Å². The number of hydrogen-bond acceptors (Lipinski definition) is 4. The third-order valence-electron chi connectivity index (χ3n) is 5.25. The number of amides is 2. The Morgan fingerprint density at radius 3 is 2.52 bits per heavy atom. The van der Waals surface area contributed by atoms with Gasteiger partial charge in [0.15, 0.2) is 0 Å². The maximum Gasteiger partial charge on any atom is 0.248 e. The number of hydrogen-bond donors (Lipinski definition) is 1. The first-order valence-electron chi connectivity index (χ1n) is 10.0. The van der Waals surface area contributed by atoms with Gasteiger partial charge in [0, 0.05) is 17.7 Å². The molecule has 7 heteroatoms. The second-order valence-electron chi connectivity index (χ2n) is 7.39. The molecule has 0 spiro atoms. The first-order chi connectivity index (χ1) is 15.0. The lowest BCUT2D eigenvalue weighted by atomic mass is 10.1. The second-order valence-corrected chi connectivity index (χ2v) is 7.39. The molecule has 158 valence electrons. The van der Waals surface area contributed by atoms with Crippen LogP contribution >= 0.6 is 0 Å². The maximum absolute atomic E-state index is 13.1. The highest BCUT2D eigenvalue weighted by Gasteiger charge is 2.26. The first kappa shape index (κ1) is 20.7. The van der Waals surface area contributed by atoms with Crippen molar-refractivity contribution in [3.8, 4) is 11.3 Å². The van der Waals surface area contributed by atoms with Gasteiger partial charge in [-0.05, 0) is 42.0 Å². The lowest BCUT2D eigenvalue weighted by Gasteiger charge is -2.33. The Morgan fingerprint density at radius 1 is 1.06 bits per heavy atom. The van der Waals surface area contributed by atoms with Crippen LogP contribution in [0.3, 0.4) is 0 Å². The van der Waals surface area contributed by atoms with Gasteiger partial charge in [-0.2, -0.15) is 0 Å². The number of aromatic nitrogens is 1. The summed E-state index contributed by atoms with van der Waals surface area (Å²) < 4.78 is 19.0. The summed E-state index contributed by atoms with van der Waals surface area (Å²) in [6.07, 6.45) is -0.122. The number of nitrogens with two attached hydrogens (primary N) is 1. The fourth-order valence-corrected chi connectivity index (χ4v) is 3.54. The third-order valence-corrected chi connectivity index (χ3v) is 5.25. The highest BCUT2D eigenvalue weighted by Crippen LogP contribution is 2.25. The van der Waals surface area contributed by atoms with Crippen LogP contribution in [0.15, 0.2) is 66.7 Å². The molecule has 2 heterocycles. The minimum absolute atomic E-state index is 0.0295. The summed E-state index contributed by atoms with van der Waals surface area (Å²) in [5, 5.41) is 0. The van der Waals surface area contributed by atoms with Crippen LogP contribution in [-0.2, 0) is 16.0 Å². The Labute approximate surface area is 179 Å². The van der Waals surface area contributed by atoms with Gasteiger partial charge in [0.2, 0.25) is 11.8 Å². The third kappa shape index (κ3) is 4.95. The summed E-state index contributed by atoms with van der Waals surface area (Å²) in [7, 11) is 0. The molecule has 4 rings (SSSR count). The van der Waals surface area contributed by atoms with E-state index >= 15 is 0 Å². The van der Waals surface area contributed by atoms with E-state index in [0.29, 0.717) is 25.3 Å². The largest absolute Gasteiger partial charge is 0.368 e. The molecule has 0 aliphatic carbocycles. The molecular formula is C24H22FN3O3. The number of benzene rings is 2. The van der Waals surface area contributed by atoms with E-state index in [2.05, 4.69) is 0 Å². The number of ether oxygens (including phenoxy) is 1. The number of morpholine rings is 1. The zero-order chi connectivity index (χ0) is 21.8. The van der Waals surface area contributed by atoms with E-state index in [-0.39, 0.29) is 24.2 Å². The van der Waals surface area contributed by atoms with E-state index in [0.717, 1.165) is 22.5 Å². The standard InChI is InChI=1S/C24H22FN3O3/c25-19-10-4-16(5-11-19)14-23(29)28-12-13-31-22(15-28)21-3-1-2-20(27-21)17-6-8-18(9-7-17)24(26)30/h1-11,22H,12-15H2,(H2,26,30)/t22-/m0/s1. The molecule has 3 aromatic rings. The second kappa shape index (κ2) is 9.06. The molecule has 1 saturated heterocycles. The number of carbonyl (C=O) groups is 2. The molecule has 0 radical (unpaired) electrons. The van der Waals surface area contributed by atoms with Crippen molar-refractivity contribution in [3.05, 3.63) is 89.4 Å². The molecule has 2 aromatic carbocycles. The van der Waals surface area contributed by atoms with Gasteiger partial charge in [-0.25, -0.2) is 9.37 Å². The Bertz CT molecular complexity index is 1080. The van der Waals surface area contributed by atoms with Crippen molar-refractivity contribution >= 4 is 11.8 Å². The molecule has 1 atom stereocenters. The van der Waals surface area contributed by atoms with E-state index in [9.17, 15) is 14.0 Å². The van der Waals surface area contributed by atoms with Crippen LogP contribution in [0, 0.1) is 5.82 Å². The predicted molar refractivity (Wildman–Crippen MR) is 114 cm³/mol. The maximum atomic E-state index is 13.1. The van der Waals surface area contributed by atoms with Crippen molar-refractivity contribution in [2.24, 2.45) is 5.73 Å². The van der Waals surface area contributed by atoms with Gasteiger partial charge in [-0.3, -0.25) is 9.59 Å². The smallest absolute Gasteiger partial charge is 0.248 e. The molecule has 1 aromatic heterocycles. The SMILES string of the molecule is NC(=O)c1ccc(-c2cccc([C@@H]3CN(C(=O)Cc4ccc(F)cc4)CCO3)n2)cc1. The van der Waals surface area contributed by atoms with E-state index in [1.165, 1.54) is 12.1 Å². The molecule has 0 saturated carbocycles. The lowest BCUT2D eigenvalue weighted by Crippen LogP contribution is -2.43. The summed E-state index contributed by atoms with van der Waals surface area (Å²) in [6.45, 7) is 1.32. The minimum Gasteiger partial charge on any atom is -0.368 e. The predicted octanol–water partition coefficient (Wildman–Crippen LogP) is 3.13. The number of carbonyl (C=O) groups excluding carboxylic acids is 2. The highest BCUT2D eigenvalue weighted by molar-refractivity contribution is 5.93. The Kier molecular flexibility index (Phi) is 6.04. The van der Waals surface area contributed by atoms with E-state index in [1.54, 1.807) is 41.3 Å². The van der Waals surface area contributed by atoms with Crippen LogP contribution in [0.25, 0.3) is 11.3 Å². The molecule has 1 aliphatic heterocycles. The van der Waals surface area contributed by atoms with E-state index in [4.69, 9.17) is 15.5 Å². The number of nitrogens with zero attached hydrogens (tertiary/aromatic N) is 2. The molecule has 31 heavy (non-hydrogen) atoms. The summed E-state index contributed by atoms with van der Waals surface area (Å²) in [5.74, 6) is -0.828. The number of primary amides is 1. The van der Waals surface area contributed by atoms with Gasteiger partial charge in [0.25, 0.3) is 0 Å². The van der Waals surface area contributed by atoms with Crippen LogP contribution in [0.5, 0.6) is 0 Å². The molecular weight excluding hydrogens is 397 g/mol. The Balaban J connectivity index is 1.46. The van der Waals surface area contributed by atoms with Crippen molar-refractivity contribution < 1.29 is 18.7 Å². The normalized spacial score (nSPS) is 16.2. The topological polar surface area (TPSA) is 85.5 Å². The van der Waals surface area contributed by atoms with Gasteiger partial charge in [-0.1, -0.05) is 30.3 Å². The van der Waals surface area contributed by atoms with Gasteiger partial charge in [-0.15, -0.1) is 0 Å². The van der Waals surface area contributed by atoms with E-state index < -0.39 is 5.91 Å². The monoisotopic (exact) mass is 419 g/mol. The zero-order valence-corrected chi connectivity index (χ0v) is 16.8. The van der Waals surface area contributed by atoms with E-state index in [1.807, 2.05) is 18.2 Å². The van der Waals surface area contributed by atoms with Crippen LogP contribution in [0.1, 0.15) is 27.7 Å². The fraction of sp³-hybridized carbons (Fsp3) is 0.208. The van der Waals surface area contributed by atoms with Crippen molar-refractivity contribution in [1.82, 2.24) is 9.88 Å². The van der Waals surface area contributed by atoms with Crippen molar-refractivity contribution in [1.29, 1.82) is 0 Å². The molecule has 0 bridgehead atoms. The van der Waals surface area contributed by atoms with Crippen molar-refractivity contribution in [2.75, 3.05) is 19.7 Å². The number of rotatable bonds is 5. The molecule has 2 N–H and O–H groups in total. The number of pyridine rings is 1. The van der Waals surface area contributed by atoms with Gasteiger partial charge in [0.05, 0.1) is 31.0 Å². The van der Waals surface area contributed by atoms with Crippen LogP contribution in [0.2, 0.25) is 0 Å².